The van der Waals surface area contributed by atoms with Crippen molar-refractivity contribution in [2.24, 2.45) is 0 Å². The summed E-state index contributed by atoms with van der Waals surface area (Å²) in [6.45, 7) is 2.18. The summed E-state index contributed by atoms with van der Waals surface area (Å²) in [6, 6.07) is 30.6. The Labute approximate surface area is 325 Å². The number of aliphatic hydroxyl groups excluding tert-OH is 1. The lowest BCUT2D eigenvalue weighted by molar-refractivity contribution is -0.138. The number of unbranched alkanes of at least 4 members (excludes halogenated alkanes) is 2. The number of benzene rings is 3. The predicted octanol–water partition coefficient (Wildman–Crippen LogP) is 12.6. The molecule has 3 atom stereocenters. The topological polar surface area (TPSA) is 94.8 Å². The van der Waals surface area contributed by atoms with E-state index >= 15 is 0 Å². The molecule has 0 aliphatic carbocycles. The highest BCUT2D eigenvalue weighted by Crippen LogP contribution is 2.39. The second-order valence-electron chi connectivity index (χ2n) is 11.3. The molecule has 50 heavy (non-hydrogen) atoms. The minimum Gasteiger partial charge on any atom is -0.481 e. The van der Waals surface area contributed by atoms with Gasteiger partial charge in [-0.05, 0) is 67.5 Å². The number of carboxylic acid groups (broad SMARTS) is 2. The first-order valence-corrected chi connectivity index (χ1v) is 23.7. The summed E-state index contributed by atoms with van der Waals surface area (Å²) < 4.78 is 0. The largest absolute Gasteiger partial charge is 0.481 e. The zero-order valence-corrected chi connectivity index (χ0v) is 33.3. The van der Waals surface area contributed by atoms with Gasteiger partial charge in [-0.25, -0.2) is 0 Å². The summed E-state index contributed by atoms with van der Waals surface area (Å²) in [4.78, 5) is 22.6. The predicted molar refractivity (Wildman–Crippen MR) is 228 cm³/mol. The van der Waals surface area contributed by atoms with Crippen molar-refractivity contribution < 1.29 is 24.9 Å². The van der Waals surface area contributed by atoms with Crippen LogP contribution in [0.3, 0.4) is 0 Å². The summed E-state index contributed by atoms with van der Waals surface area (Å²) >= 11 is 3.51. The van der Waals surface area contributed by atoms with Gasteiger partial charge in [0.1, 0.15) is 5.44 Å². The van der Waals surface area contributed by atoms with Gasteiger partial charge in [0.2, 0.25) is 0 Å². The number of thioether (sulfide) groups is 2. The molecule has 3 aromatic rings. The Morgan fingerprint density at radius 3 is 1.76 bits per heavy atom. The molecular formula is C39H56O5S6. The van der Waals surface area contributed by atoms with Crippen LogP contribution in [0.15, 0.2) is 95.9 Å². The fraction of sp³-hybridized carbons (Fsp3) is 0.487. The lowest BCUT2D eigenvalue weighted by atomic mass is 10.1. The van der Waals surface area contributed by atoms with Crippen LogP contribution in [-0.4, -0.2) is 55.0 Å². The van der Waals surface area contributed by atoms with E-state index in [0.29, 0.717) is 16.9 Å². The molecule has 0 aliphatic heterocycles. The van der Waals surface area contributed by atoms with Crippen LogP contribution >= 0.6 is 66.7 Å². The Kier molecular flexibility index (Phi) is 29.1. The van der Waals surface area contributed by atoms with E-state index in [9.17, 15) is 14.7 Å². The van der Waals surface area contributed by atoms with E-state index in [1.807, 2.05) is 97.4 Å². The van der Waals surface area contributed by atoms with Crippen molar-refractivity contribution in [3.63, 3.8) is 0 Å². The van der Waals surface area contributed by atoms with Crippen molar-refractivity contribution in [3.05, 3.63) is 102 Å². The first-order valence-electron chi connectivity index (χ1n) is 16.9. The Morgan fingerprint density at radius 2 is 1.18 bits per heavy atom. The fourth-order valence-electron chi connectivity index (χ4n) is 4.58. The van der Waals surface area contributed by atoms with Crippen molar-refractivity contribution in [1.82, 2.24) is 0 Å². The van der Waals surface area contributed by atoms with Gasteiger partial charge in [-0.15, -0.1) is 11.8 Å². The molecule has 0 radical (unpaired) electrons. The van der Waals surface area contributed by atoms with Crippen LogP contribution < -0.4 is 0 Å². The van der Waals surface area contributed by atoms with Gasteiger partial charge in [-0.1, -0.05) is 149 Å². The average Bonchev–Trinajstić information content (AvgIpc) is 3.12. The molecule has 0 amide bonds. The lowest BCUT2D eigenvalue weighted by Crippen LogP contribution is -2.07. The van der Waals surface area contributed by atoms with Gasteiger partial charge in [0.05, 0.1) is 0 Å². The normalized spacial score (nSPS) is 12.5. The standard InChI is InChI=1S/C22H28O3S2.C16H24O2S4.CH4/c23-21(24)14-8-7-13-20(27-17-18-9-3-1-4-10-18)15-16-26-22(25)19-11-5-2-6-12-19;1-2-19-20-13-12-15(10-6-7-11-16(17)18)22-21-14-8-4-3-5-9-14;/h1-6,9-12,20,22,25H,7-8,13-17H2,(H,23,24);3-5,8-9,15H,2,6-7,10-13H2,1H3,(H,17,18);1H4. The third-order valence-corrected chi connectivity index (χ3v) is 15.2. The van der Waals surface area contributed by atoms with Crippen LogP contribution in [0.4, 0.5) is 0 Å². The lowest BCUT2D eigenvalue weighted by Gasteiger charge is -2.18. The fourth-order valence-corrected chi connectivity index (χ4v) is 11.6. The quantitative estimate of drug-likeness (QED) is 0.0412. The van der Waals surface area contributed by atoms with E-state index in [0.717, 1.165) is 67.8 Å². The number of hydrogen-bond donors (Lipinski definition) is 3. The molecule has 0 heterocycles. The van der Waals surface area contributed by atoms with Crippen molar-refractivity contribution in [2.45, 2.75) is 105 Å². The zero-order chi connectivity index (χ0) is 35.4. The third-order valence-electron chi connectivity index (χ3n) is 7.21. The zero-order valence-electron chi connectivity index (χ0n) is 28.4. The molecule has 0 aromatic heterocycles. The van der Waals surface area contributed by atoms with E-state index in [4.69, 9.17) is 10.2 Å². The van der Waals surface area contributed by atoms with Crippen LogP contribution in [0.2, 0.25) is 0 Å². The van der Waals surface area contributed by atoms with Crippen molar-refractivity contribution in [3.8, 4) is 0 Å². The molecule has 5 nitrogen and oxygen atoms in total. The Balaban J connectivity index is 0.000000501. The highest BCUT2D eigenvalue weighted by Gasteiger charge is 2.14. The van der Waals surface area contributed by atoms with E-state index in [2.05, 4.69) is 55.5 Å². The van der Waals surface area contributed by atoms with Gasteiger partial charge in [-0.3, -0.25) is 9.59 Å². The molecule has 0 saturated carbocycles. The van der Waals surface area contributed by atoms with E-state index in [-0.39, 0.29) is 13.8 Å². The van der Waals surface area contributed by atoms with Crippen LogP contribution in [0.1, 0.15) is 95.1 Å². The van der Waals surface area contributed by atoms with Crippen molar-refractivity contribution in [2.75, 3.05) is 17.3 Å². The number of hydrogen-bond acceptors (Lipinski definition) is 9. The van der Waals surface area contributed by atoms with Crippen LogP contribution in [0.5, 0.6) is 0 Å². The van der Waals surface area contributed by atoms with Gasteiger partial charge >= 0.3 is 11.9 Å². The average molecular weight is 797 g/mol. The summed E-state index contributed by atoms with van der Waals surface area (Å²) in [5, 5.41) is 28.9. The summed E-state index contributed by atoms with van der Waals surface area (Å²) in [5.74, 6) is 2.78. The summed E-state index contributed by atoms with van der Waals surface area (Å²) in [7, 11) is 7.65. The number of carbonyl (C=O) groups is 2. The third kappa shape index (κ3) is 24.8. The van der Waals surface area contributed by atoms with Gasteiger partial charge < -0.3 is 15.3 Å². The number of rotatable bonds is 26. The van der Waals surface area contributed by atoms with Crippen molar-refractivity contribution in [1.29, 1.82) is 0 Å². The molecule has 3 unspecified atom stereocenters. The molecule has 0 spiro atoms. The maximum Gasteiger partial charge on any atom is 0.303 e. The summed E-state index contributed by atoms with van der Waals surface area (Å²) in [5.41, 5.74) is 1.77. The second-order valence-corrected chi connectivity index (χ2v) is 19.2. The first kappa shape index (κ1) is 46.7. The van der Waals surface area contributed by atoms with Gasteiger partial charge in [-0.2, -0.15) is 11.8 Å². The van der Waals surface area contributed by atoms with E-state index in [1.54, 1.807) is 11.8 Å². The van der Waals surface area contributed by atoms with Gasteiger partial charge in [0, 0.05) is 45.5 Å². The maximum atomic E-state index is 10.7. The molecule has 0 fully saturated rings. The molecule has 0 saturated heterocycles. The number of carboxylic acids is 2. The maximum absolute atomic E-state index is 10.7. The van der Waals surface area contributed by atoms with Gasteiger partial charge in [0.25, 0.3) is 0 Å². The van der Waals surface area contributed by atoms with E-state index in [1.165, 1.54) is 22.6 Å². The van der Waals surface area contributed by atoms with Gasteiger partial charge in [0.15, 0.2) is 0 Å². The molecule has 11 heteroatoms. The van der Waals surface area contributed by atoms with Crippen LogP contribution in [0, 0.1) is 0 Å². The molecule has 278 valence electrons. The van der Waals surface area contributed by atoms with Crippen LogP contribution in [-0.2, 0) is 15.3 Å². The highest BCUT2D eigenvalue weighted by molar-refractivity contribution is 8.77. The molecule has 3 N–H and O–H groups in total. The minimum absolute atomic E-state index is 0. The SMILES string of the molecule is C.CCSSCCC(CCCCC(=O)O)SSc1ccccc1.O=C(O)CCCCC(CCSC(O)c1ccccc1)SCc1ccccc1. The molecule has 0 bridgehead atoms. The highest BCUT2D eigenvalue weighted by atomic mass is 33.1. The van der Waals surface area contributed by atoms with Crippen LogP contribution in [0.25, 0.3) is 0 Å². The van der Waals surface area contributed by atoms with E-state index < -0.39 is 17.4 Å². The number of aliphatic carboxylic acids is 2. The smallest absolute Gasteiger partial charge is 0.303 e. The molecule has 3 rings (SSSR count). The Morgan fingerprint density at radius 1 is 0.640 bits per heavy atom. The second kappa shape index (κ2) is 31.2. The molecule has 3 aromatic carbocycles. The number of aliphatic hydroxyl groups is 1. The molecular weight excluding hydrogens is 741 g/mol. The van der Waals surface area contributed by atoms with Crippen molar-refractivity contribution >= 4 is 78.6 Å². The first-order chi connectivity index (χ1) is 23.9. The Hall–Kier alpha value is -1.34. The Bertz CT molecular complexity index is 1240. The monoisotopic (exact) mass is 796 g/mol. The minimum atomic E-state index is -0.718. The summed E-state index contributed by atoms with van der Waals surface area (Å²) in [6.07, 6.45) is 8.34. The molecule has 0 aliphatic rings.